The van der Waals surface area contributed by atoms with E-state index in [4.69, 9.17) is 10.4 Å². The average Bonchev–Trinajstić information content (AvgIpc) is 2.17. The fourth-order valence-corrected chi connectivity index (χ4v) is 1.37. The maximum atomic E-state index is 12.4. The Labute approximate surface area is 87.1 Å². The summed E-state index contributed by atoms with van der Waals surface area (Å²) in [4.78, 5) is 3.59. The van der Waals surface area contributed by atoms with Crippen LogP contribution in [0.4, 0.5) is 8.78 Å². The molecule has 1 heterocycles. The molecule has 74 valence electrons. The van der Waals surface area contributed by atoms with Crippen LogP contribution in [0, 0.1) is 11.3 Å². The lowest BCUT2D eigenvalue weighted by molar-refractivity contribution is 0.150. The SMILES string of the molecule is N#Cc1nc(CO)c(Br)cc1C(F)F. The van der Waals surface area contributed by atoms with E-state index in [1.807, 2.05) is 0 Å². The van der Waals surface area contributed by atoms with Gasteiger partial charge in [0.05, 0.1) is 17.9 Å². The van der Waals surface area contributed by atoms with Crippen molar-refractivity contribution in [1.82, 2.24) is 4.98 Å². The molecule has 0 atom stereocenters. The van der Waals surface area contributed by atoms with Gasteiger partial charge in [0, 0.05) is 4.47 Å². The van der Waals surface area contributed by atoms with Gasteiger partial charge in [0.25, 0.3) is 6.43 Å². The number of aliphatic hydroxyl groups is 1. The number of hydrogen-bond acceptors (Lipinski definition) is 3. The number of halogens is 3. The van der Waals surface area contributed by atoms with Crippen molar-refractivity contribution < 1.29 is 13.9 Å². The first kappa shape index (κ1) is 11.0. The molecule has 3 nitrogen and oxygen atoms in total. The second-order valence-electron chi connectivity index (χ2n) is 2.43. The maximum absolute atomic E-state index is 12.4. The molecule has 1 rings (SSSR count). The van der Waals surface area contributed by atoms with Gasteiger partial charge in [0.2, 0.25) is 0 Å². The molecule has 0 unspecified atom stereocenters. The molecule has 0 amide bonds. The number of nitrogens with zero attached hydrogens (tertiary/aromatic N) is 2. The van der Waals surface area contributed by atoms with Crippen molar-refractivity contribution in [2.24, 2.45) is 0 Å². The van der Waals surface area contributed by atoms with Crippen LogP contribution in [0.3, 0.4) is 0 Å². The highest BCUT2D eigenvalue weighted by molar-refractivity contribution is 9.10. The van der Waals surface area contributed by atoms with E-state index >= 15 is 0 Å². The van der Waals surface area contributed by atoms with Gasteiger partial charge in [-0.3, -0.25) is 0 Å². The van der Waals surface area contributed by atoms with Crippen molar-refractivity contribution in [2.75, 3.05) is 0 Å². The summed E-state index contributed by atoms with van der Waals surface area (Å²) in [6.07, 6.45) is -2.75. The Morgan fingerprint density at radius 2 is 2.29 bits per heavy atom. The molecule has 0 spiro atoms. The molecule has 1 aromatic heterocycles. The summed E-state index contributed by atoms with van der Waals surface area (Å²) in [7, 11) is 0. The van der Waals surface area contributed by atoms with E-state index in [-0.39, 0.29) is 15.9 Å². The molecule has 0 bridgehead atoms. The Morgan fingerprint density at radius 1 is 1.64 bits per heavy atom. The highest BCUT2D eigenvalue weighted by Gasteiger charge is 2.16. The monoisotopic (exact) mass is 262 g/mol. The predicted molar refractivity (Wildman–Crippen MR) is 47.5 cm³/mol. The molecule has 0 aliphatic heterocycles. The van der Waals surface area contributed by atoms with Crippen molar-refractivity contribution in [3.8, 4) is 6.07 Å². The standard InChI is InChI=1S/C8H5BrF2N2O/c9-5-1-4(8(10)11)6(2-12)13-7(5)3-14/h1,8,14H,3H2. The molecule has 14 heavy (non-hydrogen) atoms. The van der Waals surface area contributed by atoms with Gasteiger partial charge in [-0.15, -0.1) is 0 Å². The molecule has 0 fully saturated rings. The minimum atomic E-state index is -2.75. The largest absolute Gasteiger partial charge is 0.390 e. The lowest BCUT2D eigenvalue weighted by Crippen LogP contribution is -2.00. The zero-order valence-corrected chi connectivity index (χ0v) is 8.42. The zero-order valence-electron chi connectivity index (χ0n) is 6.84. The topological polar surface area (TPSA) is 56.9 Å². The minimum absolute atomic E-state index is 0.172. The van der Waals surface area contributed by atoms with Crippen LogP contribution in [0.25, 0.3) is 0 Å². The summed E-state index contributed by atoms with van der Waals surface area (Å²) in [5.41, 5.74) is -0.616. The number of pyridine rings is 1. The van der Waals surface area contributed by atoms with E-state index in [0.29, 0.717) is 0 Å². The number of aliphatic hydroxyl groups excluding tert-OH is 1. The van der Waals surface area contributed by atoms with Gasteiger partial charge in [-0.1, -0.05) is 0 Å². The Bertz CT molecular complexity index is 390. The van der Waals surface area contributed by atoms with Crippen LogP contribution in [0.5, 0.6) is 0 Å². The van der Waals surface area contributed by atoms with E-state index in [9.17, 15) is 8.78 Å². The third-order valence-corrected chi connectivity index (χ3v) is 2.26. The molecule has 6 heteroatoms. The van der Waals surface area contributed by atoms with Gasteiger partial charge in [-0.05, 0) is 22.0 Å². The first-order valence-corrected chi connectivity index (χ1v) is 4.38. The van der Waals surface area contributed by atoms with Crippen molar-refractivity contribution in [3.63, 3.8) is 0 Å². The maximum Gasteiger partial charge on any atom is 0.266 e. The van der Waals surface area contributed by atoms with Gasteiger partial charge in [-0.2, -0.15) is 5.26 Å². The molecule has 1 aromatic rings. The number of aromatic nitrogens is 1. The zero-order chi connectivity index (χ0) is 10.7. The highest BCUT2D eigenvalue weighted by atomic mass is 79.9. The molecule has 1 N–H and O–H groups in total. The Kier molecular flexibility index (Phi) is 3.49. The third-order valence-electron chi connectivity index (χ3n) is 1.57. The summed E-state index contributed by atoms with van der Waals surface area (Å²) < 4.78 is 25.0. The smallest absolute Gasteiger partial charge is 0.266 e. The van der Waals surface area contributed by atoms with Gasteiger partial charge in [0.1, 0.15) is 11.8 Å². The van der Waals surface area contributed by atoms with Crippen LogP contribution in [-0.4, -0.2) is 10.1 Å². The summed E-state index contributed by atoms with van der Waals surface area (Å²) >= 11 is 2.97. The van der Waals surface area contributed by atoms with Crippen LogP contribution >= 0.6 is 15.9 Å². The van der Waals surface area contributed by atoms with Crippen molar-refractivity contribution in [2.45, 2.75) is 13.0 Å². The van der Waals surface area contributed by atoms with Crippen LogP contribution in [0.1, 0.15) is 23.4 Å². The van der Waals surface area contributed by atoms with Crippen molar-refractivity contribution >= 4 is 15.9 Å². The van der Waals surface area contributed by atoms with Gasteiger partial charge >= 0.3 is 0 Å². The lowest BCUT2D eigenvalue weighted by atomic mass is 10.2. The number of alkyl halides is 2. The first-order chi connectivity index (χ1) is 6.60. The molecule has 0 aliphatic carbocycles. The molecule has 0 saturated heterocycles. The number of rotatable bonds is 2. The second kappa shape index (κ2) is 4.44. The minimum Gasteiger partial charge on any atom is -0.390 e. The Hall–Kier alpha value is -1.06. The molecule has 0 aromatic carbocycles. The average molecular weight is 263 g/mol. The number of hydrogen-bond donors (Lipinski definition) is 1. The molecule has 0 aliphatic rings. The number of nitriles is 1. The molecular weight excluding hydrogens is 258 g/mol. The van der Waals surface area contributed by atoms with E-state index < -0.39 is 18.6 Å². The Morgan fingerprint density at radius 3 is 2.71 bits per heavy atom. The fourth-order valence-electron chi connectivity index (χ4n) is 0.908. The van der Waals surface area contributed by atoms with E-state index in [1.165, 1.54) is 0 Å². The van der Waals surface area contributed by atoms with Gasteiger partial charge in [-0.25, -0.2) is 13.8 Å². The van der Waals surface area contributed by atoms with Crippen LogP contribution in [0.2, 0.25) is 0 Å². The third kappa shape index (κ3) is 2.05. The lowest BCUT2D eigenvalue weighted by Gasteiger charge is -2.05. The quantitative estimate of drug-likeness (QED) is 0.889. The summed E-state index contributed by atoms with van der Waals surface area (Å²) in [5, 5.41) is 17.3. The molecular formula is C8H5BrF2N2O. The van der Waals surface area contributed by atoms with E-state index in [2.05, 4.69) is 20.9 Å². The molecule has 0 radical (unpaired) electrons. The van der Waals surface area contributed by atoms with E-state index in [0.717, 1.165) is 6.07 Å². The Balaban J connectivity index is 3.33. The van der Waals surface area contributed by atoms with Gasteiger partial charge in [0.15, 0.2) is 0 Å². The highest BCUT2D eigenvalue weighted by Crippen LogP contribution is 2.26. The van der Waals surface area contributed by atoms with Crippen LogP contribution in [-0.2, 0) is 6.61 Å². The summed E-state index contributed by atoms with van der Waals surface area (Å²) in [6, 6.07) is 2.65. The van der Waals surface area contributed by atoms with Crippen LogP contribution < -0.4 is 0 Å². The summed E-state index contributed by atoms with van der Waals surface area (Å²) in [6.45, 7) is -0.404. The summed E-state index contributed by atoms with van der Waals surface area (Å²) in [5.74, 6) is 0. The second-order valence-corrected chi connectivity index (χ2v) is 3.28. The fraction of sp³-hybridized carbons (Fsp3) is 0.250. The predicted octanol–water partition coefficient (Wildman–Crippen LogP) is 2.15. The normalized spacial score (nSPS) is 10.3. The van der Waals surface area contributed by atoms with E-state index in [1.54, 1.807) is 6.07 Å². The molecule has 0 saturated carbocycles. The first-order valence-electron chi connectivity index (χ1n) is 3.58. The van der Waals surface area contributed by atoms with Crippen molar-refractivity contribution in [3.05, 3.63) is 27.5 Å². The van der Waals surface area contributed by atoms with Crippen molar-refractivity contribution in [1.29, 1.82) is 5.26 Å². The van der Waals surface area contributed by atoms with Gasteiger partial charge < -0.3 is 5.11 Å². The van der Waals surface area contributed by atoms with Crippen LogP contribution in [0.15, 0.2) is 10.5 Å².